The molecule has 5 aromatic rings. The van der Waals surface area contributed by atoms with E-state index in [1.54, 1.807) is 24.2 Å². The number of pyridine rings is 1. The average Bonchev–Trinajstić information content (AvgIpc) is 3.66. The van der Waals surface area contributed by atoms with Crippen LogP contribution in [0.25, 0.3) is 22.4 Å². The highest BCUT2D eigenvalue weighted by molar-refractivity contribution is 6.74. The number of methoxy groups -OCH3 is 1. The van der Waals surface area contributed by atoms with Gasteiger partial charge in [0.25, 0.3) is 0 Å². The molecule has 0 aliphatic heterocycles. The fraction of sp³-hybridized carbons (Fsp3) is 0.371. The first-order chi connectivity index (χ1) is 22.4. The normalized spacial score (nSPS) is 13.2. The van der Waals surface area contributed by atoms with E-state index >= 15 is 8.78 Å². The van der Waals surface area contributed by atoms with Crippen molar-refractivity contribution in [3.8, 4) is 23.0 Å². The van der Waals surface area contributed by atoms with Gasteiger partial charge in [-0.3, -0.25) is 9.67 Å². The summed E-state index contributed by atoms with van der Waals surface area (Å²) >= 11 is 0. The lowest BCUT2D eigenvalue weighted by Crippen LogP contribution is -2.41. The zero-order valence-electron chi connectivity index (χ0n) is 27.7. The number of aromatic nitrogens is 5. The lowest BCUT2D eigenvalue weighted by molar-refractivity contribution is 0.202. The molecule has 0 saturated heterocycles. The van der Waals surface area contributed by atoms with E-state index in [0.717, 1.165) is 41.6 Å². The van der Waals surface area contributed by atoms with Crippen molar-refractivity contribution >= 4 is 30.7 Å². The maximum atomic E-state index is 15.4. The summed E-state index contributed by atoms with van der Waals surface area (Å²) in [6, 6.07) is 11.8. The SMILES string of the molecule is COc1cnccc1Nc1nc(-c2nn(Cc3c(F)cc(OCCO[Si](C)(C)C(C)(C)C)cc3F)c3ccccc23)nc2c1CCC2. The predicted octanol–water partition coefficient (Wildman–Crippen LogP) is 7.86. The van der Waals surface area contributed by atoms with Crippen LogP contribution in [-0.4, -0.2) is 53.4 Å². The summed E-state index contributed by atoms with van der Waals surface area (Å²) in [6.45, 7) is 11.2. The summed E-state index contributed by atoms with van der Waals surface area (Å²) < 4.78 is 49.7. The van der Waals surface area contributed by atoms with Crippen molar-refractivity contribution < 1.29 is 22.7 Å². The monoisotopic (exact) mass is 658 g/mol. The van der Waals surface area contributed by atoms with E-state index in [4.69, 9.17) is 29.0 Å². The Bertz CT molecular complexity index is 1900. The lowest BCUT2D eigenvalue weighted by atomic mass is 10.1. The molecule has 0 amide bonds. The molecule has 2 aromatic carbocycles. The van der Waals surface area contributed by atoms with E-state index in [1.165, 1.54) is 12.1 Å². The van der Waals surface area contributed by atoms with Gasteiger partial charge in [-0.15, -0.1) is 0 Å². The van der Waals surface area contributed by atoms with Crippen molar-refractivity contribution in [3.05, 3.63) is 83.3 Å². The van der Waals surface area contributed by atoms with Crippen molar-refractivity contribution in [2.24, 2.45) is 0 Å². The van der Waals surface area contributed by atoms with Crippen LogP contribution in [-0.2, 0) is 23.8 Å². The number of para-hydroxylation sites is 1. The van der Waals surface area contributed by atoms with Crippen LogP contribution in [0.3, 0.4) is 0 Å². The molecule has 3 heterocycles. The molecule has 0 unspecified atom stereocenters. The molecule has 0 bridgehead atoms. The lowest BCUT2D eigenvalue weighted by Gasteiger charge is -2.36. The summed E-state index contributed by atoms with van der Waals surface area (Å²) in [6.07, 6.45) is 5.96. The molecule has 6 rings (SSSR count). The second-order valence-electron chi connectivity index (χ2n) is 13.2. The molecule has 1 N–H and O–H groups in total. The van der Waals surface area contributed by atoms with Crippen molar-refractivity contribution in [1.29, 1.82) is 0 Å². The van der Waals surface area contributed by atoms with Gasteiger partial charge in [0.05, 0.1) is 37.7 Å². The summed E-state index contributed by atoms with van der Waals surface area (Å²) in [5, 5.41) is 9.07. The third-order valence-electron chi connectivity index (χ3n) is 9.10. The highest BCUT2D eigenvalue weighted by Gasteiger charge is 2.37. The first-order valence-corrected chi connectivity index (χ1v) is 18.7. The van der Waals surface area contributed by atoms with Gasteiger partial charge in [-0.25, -0.2) is 18.7 Å². The standard InChI is InChI=1S/C35H40F2N6O3Si/c1-35(2,3)47(5,6)46-17-16-45-22-18-26(36)25(27(37)19-22)21-43-30-13-8-7-10-24(30)32(42-43)34-39-28-12-9-11-23(28)33(41-34)40-29-14-15-38-20-31(29)44-4/h7-8,10,13-15,18-20H,9,11-12,16-17,21H2,1-6H3,(H,38,39,40,41). The van der Waals surface area contributed by atoms with E-state index < -0.39 is 20.0 Å². The number of ether oxygens (including phenoxy) is 2. The van der Waals surface area contributed by atoms with E-state index in [0.29, 0.717) is 35.2 Å². The molecule has 47 heavy (non-hydrogen) atoms. The van der Waals surface area contributed by atoms with Gasteiger partial charge >= 0.3 is 0 Å². The summed E-state index contributed by atoms with van der Waals surface area (Å²) in [5.41, 5.74) is 3.86. The molecule has 12 heteroatoms. The number of benzene rings is 2. The Labute approximate surface area is 274 Å². The van der Waals surface area contributed by atoms with Crippen LogP contribution in [0.1, 0.15) is 44.0 Å². The van der Waals surface area contributed by atoms with Crippen molar-refractivity contribution in [3.63, 3.8) is 0 Å². The van der Waals surface area contributed by atoms with Crippen LogP contribution >= 0.6 is 0 Å². The van der Waals surface area contributed by atoms with E-state index in [-0.39, 0.29) is 29.5 Å². The van der Waals surface area contributed by atoms with Crippen LogP contribution in [0.4, 0.5) is 20.3 Å². The van der Waals surface area contributed by atoms with Gasteiger partial charge in [-0.2, -0.15) is 5.10 Å². The minimum Gasteiger partial charge on any atom is -0.493 e. The molecule has 0 fully saturated rings. The van der Waals surface area contributed by atoms with Crippen LogP contribution in [0.5, 0.6) is 11.5 Å². The number of nitrogens with zero attached hydrogens (tertiary/aromatic N) is 5. The predicted molar refractivity (Wildman–Crippen MR) is 181 cm³/mol. The summed E-state index contributed by atoms with van der Waals surface area (Å²) in [4.78, 5) is 14.0. The second kappa shape index (κ2) is 13.0. The number of halogens is 2. The van der Waals surface area contributed by atoms with Crippen molar-refractivity contribution in [2.45, 2.75) is 64.7 Å². The zero-order chi connectivity index (χ0) is 33.3. The quantitative estimate of drug-likeness (QED) is 0.113. The fourth-order valence-electron chi connectivity index (χ4n) is 5.47. The molecule has 0 atom stereocenters. The van der Waals surface area contributed by atoms with Crippen LogP contribution in [0, 0.1) is 11.6 Å². The number of hydrogen-bond donors (Lipinski definition) is 1. The van der Waals surface area contributed by atoms with Gasteiger partial charge in [0.15, 0.2) is 19.9 Å². The molecule has 9 nitrogen and oxygen atoms in total. The highest BCUT2D eigenvalue weighted by atomic mass is 28.4. The van der Waals surface area contributed by atoms with Gasteiger partial charge < -0.3 is 19.2 Å². The molecule has 0 spiro atoms. The largest absolute Gasteiger partial charge is 0.493 e. The summed E-state index contributed by atoms with van der Waals surface area (Å²) in [5.74, 6) is 0.393. The molecule has 246 valence electrons. The van der Waals surface area contributed by atoms with E-state index in [9.17, 15) is 0 Å². The minimum atomic E-state index is -1.95. The van der Waals surface area contributed by atoms with Gasteiger partial charge in [-0.05, 0) is 49.5 Å². The minimum absolute atomic E-state index is 0.0590. The van der Waals surface area contributed by atoms with E-state index in [2.05, 4.69) is 44.2 Å². The van der Waals surface area contributed by atoms with Crippen molar-refractivity contribution in [1.82, 2.24) is 24.7 Å². The van der Waals surface area contributed by atoms with Gasteiger partial charge in [0.1, 0.15) is 35.5 Å². The Kier molecular flexibility index (Phi) is 8.99. The number of aryl methyl sites for hydroxylation is 1. The van der Waals surface area contributed by atoms with Crippen molar-refractivity contribution in [2.75, 3.05) is 25.6 Å². The molecule has 0 saturated carbocycles. The van der Waals surface area contributed by atoms with E-state index in [1.807, 2.05) is 30.3 Å². The molecule has 1 aliphatic carbocycles. The average molecular weight is 659 g/mol. The van der Waals surface area contributed by atoms with Gasteiger partial charge in [0, 0.05) is 40.5 Å². The Balaban J connectivity index is 1.27. The number of nitrogens with one attached hydrogen (secondary N) is 1. The number of fused-ring (bicyclic) bond motifs is 2. The molecule has 3 aromatic heterocycles. The van der Waals surface area contributed by atoms with Crippen LogP contribution in [0.15, 0.2) is 54.9 Å². The molecular formula is C35H40F2N6O3Si. The Morgan fingerprint density at radius 2 is 1.77 bits per heavy atom. The molecular weight excluding hydrogens is 619 g/mol. The smallest absolute Gasteiger partial charge is 0.192 e. The first kappa shape index (κ1) is 32.5. The Morgan fingerprint density at radius 3 is 2.51 bits per heavy atom. The fourth-order valence-corrected chi connectivity index (χ4v) is 6.49. The Morgan fingerprint density at radius 1 is 1.00 bits per heavy atom. The topological polar surface area (TPSA) is 96.2 Å². The zero-order valence-corrected chi connectivity index (χ0v) is 28.7. The number of rotatable bonds is 11. The number of anilines is 2. The maximum Gasteiger partial charge on any atom is 0.192 e. The number of hydrogen-bond acceptors (Lipinski definition) is 8. The second-order valence-corrected chi connectivity index (χ2v) is 18.0. The van der Waals surface area contributed by atoms with Gasteiger partial charge in [-0.1, -0.05) is 39.0 Å². The highest BCUT2D eigenvalue weighted by Crippen LogP contribution is 2.37. The molecule has 1 aliphatic rings. The molecule has 0 radical (unpaired) electrons. The van der Waals surface area contributed by atoms with Crippen LogP contribution in [0.2, 0.25) is 18.1 Å². The third kappa shape index (κ3) is 6.70. The van der Waals surface area contributed by atoms with Crippen LogP contribution < -0.4 is 14.8 Å². The maximum absolute atomic E-state index is 15.4. The summed E-state index contributed by atoms with van der Waals surface area (Å²) in [7, 11) is -0.358. The Hall–Kier alpha value is -4.42. The van der Waals surface area contributed by atoms with Gasteiger partial charge in [0.2, 0.25) is 0 Å². The first-order valence-electron chi connectivity index (χ1n) is 15.8. The third-order valence-corrected chi connectivity index (χ3v) is 13.6.